The number of carboxylic acids is 1. The molecule has 0 bridgehead atoms. The van der Waals surface area contributed by atoms with Crippen LogP contribution < -0.4 is 0 Å². The second kappa shape index (κ2) is 8.10. The van der Waals surface area contributed by atoms with Crippen LogP contribution in [0.3, 0.4) is 0 Å². The van der Waals surface area contributed by atoms with Crippen LogP contribution in [-0.2, 0) is 28.5 Å². The maximum absolute atomic E-state index is 11.0. The smallest absolute Gasteiger partial charge is 0.303 e. The van der Waals surface area contributed by atoms with Crippen molar-refractivity contribution in [2.75, 3.05) is 0 Å². The summed E-state index contributed by atoms with van der Waals surface area (Å²) >= 11 is 0. The van der Waals surface area contributed by atoms with Crippen LogP contribution in [0.2, 0.25) is 0 Å². The maximum Gasteiger partial charge on any atom is 0.303 e. The minimum atomic E-state index is -0.845. The second-order valence-electron chi connectivity index (χ2n) is 10.0. The molecule has 0 radical (unpaired) electrons. The molecule has 2 aromatic carbocycles. The molecule has 0 heterocycles. The molecule has 2 rings (SSSR count). The summed E-state index contributed by atoms with van der Waals surface area (Å²) in [6.07, 6.45) is 0.833. The van der Waals surface area contributed by atoms with Gasteiger partial charge in [0.25, 0.3) is 0 Å². The van der Waals surface area contributed by atoms with E-state index in [1.807, 2.05) is 25.1 Å². The Hall–Kier alpha value is -2.49. The molecule has 0 aromatic heterocycles. The van der Waals surface area contributed by atoms with Crippen LogP contribution in [0.25, 0.3) is 0 Å². The van der Waals surface area contributed by atoms with Crippen LogP contribution in [-0.4, -0.2) is 21.3 Å². The molecule has 0 aliphatic rings. The molecule has 3 N–H and O–H groups in total. The van der Waals surface area contributed by atoms with E-state index in [4.69, 9.17) is 5.11 Å². The van der Waals surface area contributed by atoms with Crippen molar-refractivity contribution in [2.45, 2.75) is 78.6 Å². The third kappa shape index (κ3) is 5.53. The van der Waals surface area contributed by atoms with E-state index in [1.165, 1.54) is 0 Å². The summed E-state index contributed by atoms with van der Waals surface area (Å²) in [6, 6.07) is 7.77. The Morgan fingerprint density at radius 3 is 1.97 bits per heavy atom. The number of carboxylic acid groups (broad SMARTS) is 1. The summed E-state index contributed by atoms with van der Waals surface area (Å²) in [5.41, 5.74) is 4.78. The topological polar surface area (TPSA) is 77.8 Å². The summed E-state index contributed by atoms with van der Waals surface area (Å²) in [6.45, 7) is 14.5. The fraction of sp³-hybridized carbons (Fsp3) is 0.480. The average Bonchev–Trinajstić information content (AvgIpc) is 2.56. The quantitative estimate of drug-likeness (QED) is 0.612. The molecule has 158 valence electrons. The first-order valence-electron chi connectivity index (χ1n) is 10.1. The largest absolute Gasteiger partial charge is 0.507 e. The van der Waals surface area contributed by atoms with Crippen molar-refractivity contribution in [3.05, 3.63) is 57.6 Å². The Morgan fingerprint density at radius 1 is 0.862 bits per heavy atom. The van der Waals surface area contributed by atoms with Crippen LogP contribution in [0, 0.1) is 6.92 Å². The lowest BCUT2D eigenvalue weighted by molar-refractivity contribution is -0.136. The van der Waals surface area contributed by atoms with Crippen molar-refractivity contribution < 1.29 is 20.1 Å². The molecule has 0 amide bonds. The fourth-order valence-corrected chi connectivity index (χ4v) is 3.50. The van der Waals surface area contributed by atoms with Gasteiger partial charge in [0.1, 0.15) is 11.5 Å². The van der Waals surface area contributed by atoms with E-state index < -0.39 is 5.97 Å². The highest BCUT2D eigenvalue weighted by atomic mass is 16.4. The van der Waals surface area contributed by atoms with E-state index in [-0.39, 0.29) is 28.7 Å². The summed E-state index contributed by atoms with van der Waals surface area (Å²) in [5.74, 6) is -0.386. The summed E-state index contributed by atoms with van der Waals surface area (Å²) in [5, 5.41) is 30.6. The molecule has 0 spiro atoms. The Morgan fingerprint density at radius 2 is 1.45 bits per heavy atom. The van der Waals surface area contributed by atoms with Crippen LogP contribution in [0.1, 0.15) is 81.3 Å². The number of carbonyl (C=O) groups is 1. The fourth-order valence-electron chi connectivity index (χ4n) is 3.50. The lowest BCUT2D eigenvalue weighted by Gasteiger charge is -2.27. The van der Waals surface area contributed by atoms with Gasteiger partial charge < -0.3 is 15.3 Å². The zero-order chi connectivity index (χ0) is 22.1. The van der Waals surface area contributed by atoms with Gasteiger partial charge in [-0.3, -0.25) is 4.79 Å². The summed E-state index contributed by atoms with van der Waals surface area (Å²) in [7, 11) is 0. The van der Waals surface area contributed by atoms with Crippen molar-refractivity contribution in [3.8, 4) is 11.5 Å². The third-order valence-electron chi connectivity index (χ3n) is 5.31. The highest BCUT2D eigenvalue weighted by molar-refractivity contribution is 5.67. The summed E-state index contributed by atoms with van der Waals surface area (Å²) in [4.78, 5) is 10.9. The van der Waals surface area contributed by atoms with E-state index in [2.05, 4.69) is 47.6 Å². The molecular weight excluding hydrogens is 364 g/mol. The first-order chi connectivity index (χ1) is 13.2. The van der Waals surface area contributed by atoms with Gasteiger partial charge in [0.05, 0.1) is 0 Å². The lowest BCUT2D eigenvalue weighted by Crippen LogP contribution is -2.17. The van der Waals surface area contributed by atoms with Gasteiger partial charge in [0.15, 0.2) is 0 Å². The molecular formula is C25H34O4. The van der Waals surface area contributed by atoms with E-state index in [0.29, 0.717) is 24.0 Å². The summed E-state index contributed by atoms with van der Waals surface area (Å²) < 4.78 is 0. The van der Waals surface area contributed by atoms with Crippen LogP contribution in [0.4, 0.5) is 0 Å². The second-order valence-corrected chi connectivity index (χ2v) is 10.0. The van der Waals surface area contributed by atoms with E-state index >= 15 is 0 Å². The van der Waals surface area contributed by atoms with Crippen LogP contribution >= 0.6 is 0 Å². The van der Waals surface area contributed by atoms with Gasteiger partial charge in [-0.15, -0.1) is 0 Å². The van der Waals surface area contributed by atoms with Crippen molar-refractivity contribution in [1.82, 2.24) is 0 Å². The molecule has 0 aliphatic carbocycles. The van der Waals surface area contributed by atoms with Crippen molar-refractivity contribution in [3.63, 3.8) is 0 Å². The number of hydrogen-bond donors (Lipinski definition) is 3. The number of hydrogen-bond acceptors (Lipinski definition) is 3. The molecule has 0 saturated carbocycles. The molecule has 0 saturated heterocycles. The zero-order valence-electron chi connectivity index (χ0n) is 18.7. The number of aromatic hydroxyl groups is 2. The highest BCUT2D eigenvalue weighted by Gasteiger charge is 2.25. The molecule has 0 unspecified atom stereocenters. The van der Waals surface area contributed by atoms with Crippen molar-refractivity contribution >= 4 is 5.97 Å². The molecule has 2 aromatic rings. The van der Waals surface area contributed by atoms with Gasteiger partial charge in [-0.05, 0) is 57.6 Å². The number of phenolic OH excluding ortho intramolecular Hbond substituents is 2. The van der Waals surface area contributed by atoms with Gasteiger partial charge in [0, 0.05) is 12.8 Å². The Kier molecular flexibility index (Phi) is 6.36. The van der Waals surface area contributed by atoms with E-state index in [1.54, 1.807) is 0 Å². The Labute approximate surface area is 174 Å². The average molecular weight is 399 g/mol. The van der Waals surface area contributed by atoms with Gasteiger partial charge in [-0.25, -0.2) is 0 Å². The Bertz CT molecular complexity index is 912. The molecule has 29 heavy (non-hydrogen) atoms. The van der Waals surface area contributed by atoms with Crippen molar-refractivity contribution in [2.24, 2.45) is 0 Å². The number of benzene rings is 2. The number of aliphatic carboxylic acids is 1. The van der Waals surface area contributed by atoms with Crippen LogP contribution in [0.5, 0.6) is 11.5 Å². The molecule has 4 heteroatoms. The minimum Gasteiger partial charge on any atom is -0.507 e. The van der Waals surface area contributed by atoms with Gasteiger partial charge in [-0.1, -0.05) is 65.8 Å². The highest BCUT2D eigenvalue weighted by Crippen LogP contribution is 2.39. The first kappa shape index (κ1) is 22.8. The monoisotopic (exact) mass is 398 g/mol. The van der Waals surface area contributed by atoms with Gasteiger partial charge >= 0.3 is 5.97 Å². The molecule has 0 aliphatic heterocycles. The minimum absolute atomic E-state index is 0.0442. The molecule has 0 fully saturated rings. The first-order valence-corrected chi connectivity index (χ1v) is 10.1. The predicted octanol–water partition coefficient (Wildman–Crippen LogP) is 5.61. The standard InChI is InChI=1S/C25H34O4/c1-15-10-16(8-9-21(26)27)11-17(22(15)28)12-18-13-19(24(2,3)4)14-20(23(18)29)25(5,6)7/h10-11,13-14,28-29H,8-9,12H2,1-7H3,(H,26,27). The third-order valence-corrected chi connectivity index (χ3v) is 5.31. The number of aryl methyl sites for hydroxylation is 2. The van der Waals surface area contributed by atoms with Gasteiger partial charge in [-0.2, -0.15) is 0 Å². The van der Waals surface area contributed by atoms with Crippen LogP contribution in [0.15, 0.2) is 24.3 Å². The number of rotatable bonds is 5. The predicted molar refractivity (Wildman–Crippen MR) is 117 cm³/mol. The Balaban J connectivity index is 2.57. The normalized spacial score (nSPS) is 12.2. The number of phenols is 2. The molecule has 4 nitrogen and oxygen atoms in total. The maximum atomic E-state index is 11.0. The van der Waals surface area contributed by atoms with E-state index in [0.717, 1.165) is 22.3 Å². The van der Waals surface area contributed by atoms with E-state index in [9.17, 15) is 15.0 Å². The zero-order valence-corrected chi connectivity index (χ0v) is 18.7. The lowest BCUT2D eigenvalue weighted by atomic mass is 9.78. The van der Waals surface area contributed by atoms with Gasteiger partial charge in [0.2, 0.25) is 0 Å². The SMILES string of the molecule is Cc1cc(CCC(=O)O)cc(Cc2cc(C(C)(C)C)cc(C(C)(C)C)c2O)c1O. The molecule has 0 atom stereocenters. The van der Waals surface area contributed by atoms with Crippen molar-refractivity contribution in [1.29, 1.82) is 0 Å².